The average Bonchev–Trinajstić information content (AvgIpc) is 3.06. The first-order valence-corrected chi connectivity index (χ1v) is 8.68. The molecule has 0 aromatic carbocycles. The van der Waals surface area contributed by atoms with E-state index in [1.54, 1.807) is 11.3 Å². The first kappa shape index (κ1) is 14.0. The lowest BCUT2D eigenvalue weighted by molar-refractivity contribution is 0.0619. The minimum atomic E-state index is 0.00595. The fraction of sp³-hybridized carbons (Fsp3) is 0.500. The monoisotopic (exact) mass is 317 g/mol. The van der Waals surface area contributed by atoms with Crippen molar-refractivity contribution in [2.24, 2.45) is 0 Å². The fourth-order valence-electron chi connectivity index (χ4n) is 2.84. The van der Waals surface area contributed by atoms with Gasteiger partial charge in [-0.3, -0.25) is 9.69 Å². The first-order chi connectivity index (χ1) is 10.8. The van der Waals surface area contributed by atoms with Gasteiger partial charge in [0.05, 0.1) is 0 Å². The Morgan fingerprint density at radius 3 is 2.82 bits per heavy atom. The number of rotatable bonds is 4. The zero-order chi connectivity index (χ0) is 14.9. The summed E-state index contributed by atoms with van der Waals surface area (Å²) in [5, 5.41) is 6.06. The lowest BCUT2D eigenvalue weighted by Crippen LogP contribution is -2.48. The van der Waals surface area contributed by atoms with Crippen LogP contribution >= 0.6 is 11.3 Å². The average molecular weight is 317 g/mol. The summed E-state index contributed by atoms with van der Waals surface area (Å²) in [5.41, 5.74) is 0.466. The van der Waals surface area contributed by atoms with Gasteiger partial charge in [0.2, 0.25) is 0 Å². The summed E-state index contributed by atoms with van der Waals surface area (Å²) in [7, 11) is 0. The summed E-state index contributed by atoms with van der Waals surface area (Å²) in [6, 6.07) is 6.08. The fourth-order valence-corrected chi connectivity index (χ4v) is 3.59. The number of piperazine rings is 1. The number of nitrogens with zero attached hydrogens (tertiary/aromatic N) is 3. The minimum absolute atomic E-state index is 0.00595. The van der Waals surface area contributed by atoms with Crippen LogP contribution in [-0.2, 0) is 6.54 Å². The number of thiophene rings is 1. The molecule has 0 spiro atoms. The molecule has 0 radical (unpaired) electrons. The first-order valence-electron chi connectivity index (χ1n) is 7.80. The second kappa shape index (κ2) is 5.85. The lowest BCUT2D eigenvalue weighted by Gasteiger charge is -2.34. The van der Waals surface area contributed by atoms with E-state index in [2.05, 4.69) is 27.6 Å². The zero-order valence-electron chi connectivity index (χ0n) is 12.4. The molecule has 2 aromatic rings. The van der Waals surface area contributed by atoms with Crippen molar-refractivity contribution in [3.8, 4) is 0 Å². The number of carbonyl (C=O) groups excluding carboxylic acids is 1. The topological polar surface area (TPSA) is 49.6 Å². The molecule has 116 valence electrons. The van der Waals surface area contributed by atoms with Crippen molar-refractivity contribution in [3.63, 3.8) is 0 Å². The maximum absolute atomic E-state index is 12.5. The molecule has 0 unspecified atom stereocenters. The zero-order valence-corrected chi connectivity index (χ0v) is 13.2. The highest BCUT2D eigenvalue weighted by atomic mass is 32.1. The Bertz CT molecular complexity index is 640. The summed E-state index contributed by atoms with van der Waals surface area (Å²) in [6.45, 7) is 4.33. The van der Waals surface area contributed by atoms with Crippen molar-refractivity contribution in [1.29, 1.82) is 0 Å². The normalized spacial score (nSPS) is 19.5. The van der Waals surface area contributed by atoms with Crippen LogP contribution in [0.4, 0.5) is 0 Å². The van der Waals surface area contributed by atoms with Crippen LogP contribution < -0.4 is 0 Å². The third-order valence-electron chi connectivity index (χ3n) is 4.35. The Morgan fingerprint density at radius 1 is 1.32 bits per heavy atom. The van der Waals surface area contributed by atoms with Crippen LogP contribution in [0.3, 0.4) is 0 Å². The Kier molecular flexibility index (Phi) is 3.72. The van der Waals surface area contributed by atoms with Crippen LogP contribution in [0.1, 0.15) is 39.9 Å². The Labute approximate surface area is 133 Å². The van der Waals surface area contributed by atoms with Gasteiger partial charge in [-0.15, -0.1) is 11.3 Å². The smallest absolute Gasteiger partial charge is 0.276 e. The number of hydrogen-bond acceptors (Lipinski definition) is 5. The lowest BCUT2D eigenvalue weighted by atomic mass is 10.2. The highest BCUT2D eigenvalue weighted by Gasteiger charge is 2.30. The largest absolute Gasteiger partial charge is 0.360 e. The standard InChI is InChI=1S/C16H19N3O2S/c20-16(14-10-15(21-17-14)12-3-4-12)19-7-5-18(6-8-19)11-13-2-1-9-22-13/h1-2,9-10,12H,3-8,11H2. The van der Waals surface area contributed by atoms with Crippen molar-refractivity contribution in [2.45, 2.75) is 25.3 Å². The van der Waals surface area contributed by atoms with Gasteiger partial charge in [-0.1, -0.05) is 11.2 Å². The summed E-state index contributed by atoms with van der Waals surface area (Å²) < 4.78 is 5.29. The van der Waals surface area contributed by atoms with E-state index in [1.807, 2.05) is 11.0 Å². The molecule has 1 aliphatic heterocycles. The maximum atomic E-state index is 12.5. The molecule has 4 rings (SSSR count). The number of aromatic nitrogens is 1. The van der Waals surface area contributed by atoms with Crippen LogP contribution in [0.2, 0.25) is 0 Å². The predicted octanol–water partition coefficient (Wildman–Crippen LogP) is 2.57. The Balaban J connectivity index is 1.33. The quantitative estimate of drug-likeness (QED) is 0.869. The third-order valence-corrected chi connectivity index (χ3v) is 5.21. The van der Waals surface area contributed by atoms with E-state index >= 15 is 0 Å². The third kappa shape index (κ3) is 2.94. The van der Waals surface area contributed by atoms with Crippen molar-refractivity contribution in [2.75, 3.05) is 26.2 Å². The molecule has 2 aliphatic rings. The van der Waals surface area contributed by atoms with Gasteiger partial charge in [0.15, 0.2) is 5.69 Å². The number of amides is 1. The molecule has 1 saturated heterocycles. The van der Waals surface area contributed by atoms with E-state index in [1.165, 1.54) is 4.88 Å². The molecule has 22 heavy (non-hydrogen) atoms. The summed E-state index contributed by atoms with van der Waals surface area (Å²) >= 11 is 1.79. The minimum Gasteiger partial charge on any atom is -0.360 e. The van der Waals surface area contributed by atoms with Crippen molar-refractivity contribution >= 4 is 17.2 Å². The van der Waals surface area contributed by atoms with Crippen LogP contribution in [-0.4, -0.2) is 47.0 Å². The molecule has 3 heterocycles. The molecule has 2 aromatic heterocycles. The van der Waals surface area contributed by atoms with Gasteiger partial charge >= 0.3 is 0 Å². The van der Waals surface area contributed by atoms with E-state index < -0.39 is 0 Å². The van der Waals surface area contributed by atoms with Gasteiger partial charge < -0.3 is 9.42 Å². The van der Waals surface area contributed by atoms with E-state index in [9.17, 15) is 4.79 Å². The molecule has 5 nitrogen and oxygen atoms in total. The second-order valence-corrected chi connectivity index (χ2v) is 7.07. The summed E-state index contributed by atoms with van der Waals surface area (Å²) in [6.07, 6.45) is 2.31. The number of hydrogen-bond donors (Lipinski definition) is 0. The van der Waals surface area contributed by atoms with Gasteiger partial charge in [0.25, 0.3) is 5.91 Å². The molecule has 6 heteroatoms. The van der Waals surface area contributed by atoms with Crippen LogP contribution in [0, 0.1) is 0 Å². The van der Waals surface area contributed by atoms with Crippen molar-refractivity contribution in [3.05, 3.63) is 39.9 Å². The van der Waals surface area contributed by atoms with Gasteiger partial charge in [-0.2, -0.15) is 0 Å². The summed E-state index contributed by atoms with van der Waals surface area (Å²) in [5.74, 6) is 1.38. The molecule has 0 N–H and O–H groups in total. The summed E-state index contributed by atoms with van der Waals surface area (Å²) in [4.78, 5) is 18.1. The SMILES string of the molecule is O=C(c1cc(C2CC2)on1)N1CCN(Cc2cccs2)CC1. The molecular formula is C16H19N3O2S. The highest BCUT2D eigenvalue weighted by molar-refractivity contribution is 7.09. The van der Waals surface area contributed by atoms with Gasteiger partial charge in [-0.05, 0) is 24.3 Å². The van der Waals surface area contributed by atoms with E-state index in [-0.39, 0.29) is 5.91 Å². The second-order valence-electron chi connectivity index (χ2n) is 6.04. The molecule has 1 saturated carbocycles. The molecule has 1 aliphatic carbocycles. The van der Waals surface area contributed by atoms with Crippen molar-refractivity contribution in [1.82, 2.24) is 15.0 Å². The van der Waals surface area contributed by atoms with E-state index in [0.29, 0.717) is 11.6 Å². The van der Waals surface area contributed by atoms with Crippen LogP contribution in [0.15, 0.2) is 28.1 Å². The Morgan fingerprint density at radius 2 is 2.14 bits per heavy atom. The van der Waals surface area contributed by atoms with Gasteiger partial charge in [-0.25, -0.2) is 0 Å². The predicted molar refractivity (Wildman–Crippen MR) is 84.0 cm³/mol. The van der Waals surface area contributed by atoms with Crippen LogP contribution in [0.5, 0.6) is 0 Å². The van der Waals surface area contributed by atoms with E-state index in [4.69, 9.17) is 4.52 Å². The highest BCUT2D eigenvalue weighted by Crippen LogP contribution is 2.40. The maximum Gasteiger partial charge on any atom is 0.276 e. The molecule has 0 atom stereocenters. The molecule has 2 fully saturated rings. The van der Waals surface area contributed by atoms with Crippen molar-refractivity contribution < 1.29 is 9.32 Å². The molecule has 0 bridgehead atoms. The van der Waals surface area contributed by atoms with Gasteiger partial charge in [0, 0.05) is 49.6 Å². The van der Waals surface area contributed by atoms with E-state index in [0.717, 1.165) is 51.3 Å². The number of carbonyl (C=O) groups is 1. The molecular weight excluding hydrogens is 298 g/mol. The Hall–Kier alpha value is -1.66. The van der Waals surface area contributed by atoms with Gasteiger partial charge in [0.1, 0.15) is 5.76 Å². The molecule has 1 amide bonds. The van der Waals surface area contributed by atoms with Crippen LogP contribution in [0.25, 0.3) is 0 Å².